The molecule has 20 heavy (non-hydrogen) atoms. The molecule has 2 atom stereocenters. The summed E-state index contributed by atoms with van der Waals surface area (Å²) in [5, 5.41) is 14.5. The van der Waals surface area contributed by atoms with Gasteiger partial charge in [-0.15, -0.1) is 0 Å². The van der Waals surface area contributed by atoms with E-state index in [0.717, 1.165) is 24.9 Å². The molecule has 0 saturated heterocycles. The second-order valence-electron chi connectivity index (χ2n) is 5.02. The molecule has 0 aliphatic rings. The van der Waals surface area contributed by atoms with Crippen molar-refractivity contribution >= 4 is 5.69 Å². The van der Waals surface area contributed by atoms with Crippen LogP contribution < -0.4 is 10.1 Å². The van der Waals surface area contributed by atoms with Crippen molar-refractivity contribution in [3.8, 4) is 5.75 Å². The molecule has 2 unspecified atom stereocenters. The molecule has 5 heteroatoms. The fourth-order valence-electron chi connectivity index (χ4n) is 2.53. The van der Waals surface area contributed by atoms with Crippen molar-refractivity contribution in [3.63, 3.8) is 0 Å². The van der Waals surface area contributed by atoms with E-state index in [0.29, 0.717) is 17.7 Å². The number of rotatable bonds is 8. The van der Waals surface area contributed by atoms with Gasteiger partial charge in [-0.2, -0.15) is 0 Å². The number of benzene rings is 1. The Kier molecular flexibility index (Phi) is 6.45. The number of hydrogen-bond acceptors (Lipinski definition) is 4. The molecule has 0 aromatic heterocycles. The van der Waals surface area contributed by atoms with E-state index in [-0.39, 0.29) is 5.69 Å². The van der Waals surface area contributed by atoms with E-state index in [1.165, 1.54) is 7.11 Å². The Morgan fingerprint density at radius 2 is 2.10 bits per heavy atom. The van der Waals surface area contributed by atoms with Gasteiger partial charge in [-0.3, -0.25) is 10.1 Å². The lowest BCUT2D eigenvalue weighted by Crippen LogP contribution is -2.35. The van der Waals surface area contributed by atoms with Crippen LogP contribution in [0.5, 0.6) is 5.75 Å². The van der Waals surface area contributed by atoms with E-state index in [1.807, 2.05) is 6.07 Å². The van der Waals surface area contributed by atoms with Gasteiger partial charge in [0.2, 0.25) is 0 Å². The first-order chi connectivity index (χ1) is 9.53. The predicted octanol–water partition coefficient (Wildman–Crippen LogP) is 3.17. The molecule has 0 heterocycles. The predicted molar refractivity (Wildman–Crippen MR) is 80.3 cm³/mol. The van der Waals surface area contributed by atoms with Gasteiger partial charge in [0.1, 0.15) is 0 Å². The third kappa shape index (κ3) is 4.20. The van der Waals surface area contributed by atoms with Crippen LogP contribution in [0.25, 0.3) is 0 Å². The number of ether oxygens (including phenoxy) is 1. The summed E-state index contributed by atoms with van der Waals surface area (Å²) in [4.78, 5) is 10.6. The molecule has 0 saturated carbocycles. The molecule has 1 N–H and O–H groups in total. The summed E-state index contributed by atoms with van der Waals surface area (Å²) >= 11 is 0. The summed E-state index contributed by atoms with van der Waals surface area (Å²) < 4.78 is 5.02. The van der Waals surface area contributed by atoms with Crippen molar-refractivity contribution in [1.82, 2.24) is 5.32 Å². The zero-order valence-electron chi connectivity index (χ0n) is 12.7. The highest BCUT2D eigenvalue weighted by Crippen LogP contribution is 2.28. The minimum absolute atomic E-state index is 0.0358. The molecule has 1 aromatic rings. The van der Waals surface area contributed by atoms with Gasteiger partial charge in [-0.1, -0.05) is 26.8 Å². The summed E-state index contributed by atoms with van der Waals surface area (Å²) in [7, 11) is 1.45. The number of hydrogen-bond donors (Lipinski definition) is 1. The smallest absolute Gasteiger partial charge is 0.311 e. The van der Waals surface area contributed by atoms with Crippen LogP contribution in [0.15, 0.2) is 18.2 Å². The van der Waals surface area contributed by atoms with Crippen LogP contribution in [0, 0.1) is 16.0 Å². The number of nitrogens with zero attached hydrogens (tertiary/aromatic N) is 1. The van der Waals surface area contributed by atoms with Crippen molar-refractivity contribution in [1.29, 1.82) is 0 Å². The zero-order valence-corrected chi connectivity index (χ0v) is 12.7. The Labute approximate surface area is 120 Å². The summed E-state index contributed by atoms with van der Waals surface area (Å²) in [6, 6.07) is 5.63. The fraction of sp³-hybridized carbons (Fsp3) is 0.600. The van der Waals surface area contributed by atoms with Gasteiger partial charge in [-0.05, 0) is 36.9 Å². The lowest BCUT2D eigenvalue weighted by molar-refractivity contribution is -0.385. The zero-order chi connectivity index (χ0) is 15.1. The minimum atomic E-state index is -0.394. The van der Waals surface area contributed by atoms with Crippen LogP contribution in [-0.4, -0.2) is 24.6 Å². The first kappa shape index (κ1) is 16.4. The number of nitro groups is 1. The van der Waals surface area contributed by atoms with Gasteiger partial charge in [0.05, 0.1) is 12.0 Å². The molecule has 0 spiro atoms. The molecular weight excluding hydrogens is 256 g/mol. The topological polar surface area (TPSA) is 64.4 Å². The van der Waals surface area contributed by atoms with E-state index in [1.54, 1.807) is 12.1 Å². The Hall–Kier alpha value is -1.62. The standard InChI is InChI=1S/C15H24N2O3/c1-5-13(16-6-2)11(3)9-12-7-8-15(20-4)14(10-12)17(18)19/h7-8,10-11,13,16H,5-6,9H2,1-4H3. The maximum absolute atomic E-state index is 11.0. The third-order valence-electron chi connectivity index (χ3n) is 3.59. The Morgan fingerprint density at radius 1 is 1.40 bits per heavy atom. The van der Waals surface area contributed by atoms with Gasteiger partial charge in [0, 0.05) is 12.1 Å². The average Bonchev–Trinajstić information content (AvgIpc) is 2.44. The fourth-order valence-corrected chi connectivity index (χ4v) is 2.53. The first-order valence-electron chi connectivity index (χ1n) is 7.08. The number of methoxy groups -OCH3 is 1. The van der Waals surface area contributed by atoms with Crippen LogP contribution in [0.3, 0.4) is 0 Å². The highest BCUT2D eigenvalue weighted by atomic mass is 16.6. The summed E-state index contributed by atoms with van der Waals surface area (Å²) in [6.45, 7) is 7.35. The Bertz CT molecular complexity index is 449. The summed E-state index contributed by atoms with van der Waals surface area (Å²) in [5.74, 6) is 0.734. The Morgan fingerprint density at radius 3 is 2.60 bits per heavy atom. The monoisotopic (exact) mass is 280 g/mol. The lowest BCUT2D eigenvalue weighted by Gasteiger charge is -2.23. The maximum Gasteiger partial charge on any atom is 0.311 e. The molecule has 0 fully saturated rings. The quantitative estimate of drug-likeness (QED) is 0.587. The second-order valence-corrected chi connectivity index (χ2v) is 5.02. The van der Waals surface area contributed by atoms with Crippen molar-refractivity contribution < 1.29 is 9.66 Å². The van der Waals surface area contributed by atoms with Crippen LogP contribution in [-0.2, 0) is 6.42 Å². The van der Waals surface area contributed by atoms with Crippen molar-refractivity contribution in [3.05, 3.63) is 33.9 Å². The molecule has 0 bridgehead atoms. The average molecular weight is 280 g/mol. The van der Waals surface area contributed by atoms with Crippen LogP contribution in [0.2, 0.25) is 0 Å². The number of nitro benzene ring substituents is 1. The van der Waals surface area contributed by atoms with E-state index in [2.05, 4.69) is 26.1 Å². The van der Waals surface area contributed by atoms with Crippen molar-refractivity contribution in [2.24, 2.45) is 5.92 Å². The van der Waals surface area contributed by atoms with E-state index in [4.69, 9.17) is 4.74 Å². The normalized spacial score (nSPS) is 13.8. The van der Waals surface area contributed by atoms with Gasteiger partial charge < -0.3 is 10.1 Å². The molecule has 0 amide bonds. The molecule has 0 radical (unpaired) electrons. The van der Waals surface area contributed by atoms with Crippen LogP contribution in [0.1, 0.15) is 32.8 Å². The maximum atomic E-state index is 11.0. The van der Waals surface area contributed by atoms with Crippen molar-refractivity contribution in [2.75, 3.05) is 13.7 Å². The van der Waals surface area contributed by atoms with Gasteiger partial charge >= 0.3 is 5.69 Å². The largest absolute Gasteiger partial charge is 0.490 e. The van der Waals surface area contributed by atoms with Gasteiger partial charge in [0.25, 0.3) is 0 Å². The van der Waals surface area contributed by atoms with Crippen LogP contribution >= 0.6 is 0 Å². The highest BCUT2D eigenvalue weighted by molar-refractivity contribution is 5.48. The molecule has 0 aliphatic heterocycles. The van der Waals surface area contributed by atoms with Gasteiger partial charge in [-0.25, -0.2) is 0 Å². The van der Waals surface area contributed by atoms with Crippen molar-refractivity contribution in [2.45, 2.75) is 39.7 Å². The lowest BCUT2D eigenvalue weighted by atomic mass is 9.92. The molecule has 0 aliphatic carbocycles. The molecule has 112 valence electrons. The molecule has 5 nitrogen and oxygen atoms in total. The number of nitrogens with one attached hydrogen (secondary N) is 1. The third-order valence-corrected chi connectivity index (χ3v) is 3.59. The molecule has 1 aromatic carbocycles. The summed E-state index contributed by atoms with van der Waals surface area (Å²) in [5.41, 5.74) is 1.01. The molecular formula is C15H24N2O3. The van der Waals surface area contributed by atoms with Gasteiger partial charge in [0.15, 0.2) is 5.75 Å². The summed E-state index contributed by atoms with van der Waals surface area (Å²) in [6.07, 6.45) is 1.86. The minimum Gasteiger partial charge on any atom is -0.490 e. The van der Waals surface area contributed by atoms with E-state index >= 15 is 0 Å². The van der Waals surface area contributed by atoms with E-state index in [9.17, 15) is 10.1 Å². The SMILES string of the molecule is CCNC(CC)C(C)Cc1ccc(OC)c([N+](=O)[O-])c1. The van der Waals surface area contributed by atoms with Crippen LogP contribution in [0.4, 0.5) is 5.69 Å². The molecule has 1 rings (SSSR count). The Balaban J connectivity index is 2.87. The second kappa shape index (κ2) is 7.85. The first-order valence-corrected chi connectivity index (χ1v) is 7.08. The van der Waals surface area contributed by atoms with E-state index < -0.39 is 4.92 Å². The highest BCUT2D eigenvalue weighted by Gasteiger charge is 2.19.